The number of hydrogen-bond donors (Lipinski definition) is 1. The maximum absolute atomic E-state index is 11.2. The molecule has 1 rings (SSSR count). The monoisotopic (exact) mass is 194 g/mol. The van der Waals surface area contributed by atoms with Crippen molar-refractivity contribution in [2.45, 2.75) is 6.92 Å². The minimum atomic E-state index is -0.949. The Morgan fingerprint density at radius 3 is 2.36 bits per heavy atom. The summed E-state index contributed by atoms with van der Waals surface area (Å²) in [5, 5.41) is 8.35. The van der Waals surface area contributed by atoms with Crippen LogP contribution in [0.25, 0.3) is 0 Å². The van der Waals surface area contributed by atoms with Gasteiger partial charge in [-0.3, -0.25) is 0 Å². The highest BCUT2D eigenvalue weighted by Gasteiger charge is 2.10. The van der Waals surface area contributed by atoms with Crippen molar-refractivity contribution >= 4 is 11.9 Å². The number of carbonyl (C=O) groups is 2. The molecule has 0 saturated heterocycles. The normalized spacial score (nSPS) is 9.57. The van der Waals surface area contributed by atoms with Crippen LogP contribution in [0.5, 0.6) is 0 Å². The van der Waals surface area contributed by atoms with Gasteiger partial charge in [0.2, 0.25) is 0 Å². The van der Waals surface area contributed by atoms with Gasteiger partial charge >= 0.3 is 11.9 Å². The van der Waals surface area contributed by atoms with Crippen molar-refractivity contribution in [2.75, 3.05) is 6.61 Å². The van der Waals surface area contributed by atoms with Crippen LogP contribution in [-0.2, 0) is 9.53 Å². The van der Waals surface area contributed by atoms with E-state index in [0.29, 0.717) is 0 Å². The molecule has 0 aromatic heterocycles. The molecule has 4 heteroatoms. The van der Waals surface area contributed by atoms with Crippen LogP contribution >= 0.6 is 0 Å². The second kappa shape index (κ2) is 4.53. The van der Waals surface area contributed by atoms with Crippen LogP contribution in [0.15, 0.2) is 24.3 Å². The SMILES string of the molecule is Cc1ccc(C(=O)OC(=O)CO)cc1. The number of aliphatic hydroxyl groups excluding tert-OH is 1. The summed E-state index contributed by atoms with van der Waals surface area (Å²) in [4.78, 5) is 21.7. The average molecular weight is 194 g/mol. The predicted octanol–water partition coefficient (Wildman–Crippen LogP) is 0.671. The molecule has 0 aliphatic rings. The topological polar surface area (TPSA) is 63.6 Å². The maximum atomic E-state index is 11.2. The van der Waals surface area contributed by atoms with Gasteiger partial charge in [-0.25, -0.2) is 9.59 Å². The molecular formula is C10H10O4. The van der Waals surface area contributed by atoms with Gasteiger partial charge in [0.15, 0.2) is 0 Å². The molecule has 0 aliphatic heterocycles. The zero-order valence-corrected chi connectivity index (χ0v) is 7.69. The summed E-state index contributed by atoms with van der Waals surface area (Å²) in [5.41, 5.74) is 1.30. The van der Waals surface area contributed by atoms with Crippen LogP contribution in [0.3, 0.4) is 0 Å². The van der Waals surface area contributed by atoms with Gasteiger partial charge in [-0.2, -0.15) is 0 Å². The molecule has 14 heavy (non-hydrogen) atoms. The van der Waals surface area contributed by atoms with E-state index in [1.165, 1.54) is 0 Å². The van der Waals surface area contributed by atoms with Gasteiger partial charge in [0, 0.05) is 0 Å². The number of benzene rings is 1. The summed E-state index contributed by atoms with van der Waals surface area (Å²) in [6, 6.07) is 6.59. The molecule has 0 amide bonds. The van der Waals surface area contributed by atoms with Gasteiger partial charge in [0.25, 0.3) is 0 Å². The molecule has 0 aliphatic carbocycles. The lowest BCUT2D eigenvalue weighted by molar-refractivity contribution is -0.141. The zero-order chi connectivity index (χ0) is 10.6. The molecule has 0 spiro atoms. The van der Waals surface area contributed by atoms with Crippen molar-refractivity contribution in [2.24, 2.45) is 0 Å². The van der Waals surface area contributed by atoms with E-state index < -0.39 is 18.5 Å². The van der Waals surface area contributed by atoms with Crippen LogP contribution in [0.4, 0.5) is 0 Å². The maximum Gasteiger partial charge on any atom is 0.345 e. The molecule has 0 bridgehead atoms. The summed E-state index contributed by atoms with van der Waals surface area (Å²) < 4.78 is 4.30. The highest BCUT2D eigenvalue weighted by atomic mass is 16.6. The van der Waals surface area contributed by atoms with Gasteiger partial charge in [-0.1, -0.05) is 17.7 Å². The second-order valence-corrected chi connectivity index (χ2v) is 2.79. The van der Waals surface area contributed by atoms with Crippen molar-refractivity contribution in [3.63, 3.8) is 0 Å². The summed E-state index contributed by atoms with van der Waals surface area (Å²) in [6.45, 7) is 1.09. The highest BCUT2D eigenvalue weighted by molar-refractivity contribution is 5.96. The zero-order valence-electron chi connectivity index (χ0n) is 7.69. The quantitative estimate of drug-likeness (QED) is 0.555. The Kier molecular flexibility index (Phi) is 3.36. The standard InChI is InChI=1S/C10H10O4/c1-7-2-4-8(5-3-7)10(13)14-9(12)6-11/h2-5,11H,6H2,1H3. The molecule has 0 atom stereocenters. The van der Waals surface area contributed by atoms with E-state index in [9.17, 15) is 9.59 Å². The Bertz CT molecular complexity index is 340. The van der Waals surface area contributed by atoms with E-state index in [-0.39, 0.29) is 5.56 Å². The molecule has 1 aromatic rings. The van der Waals surface area contributed by atoms with E-state index in [0.717, 1.165) is 5.56 Å². The van der Waals surface area contributed by atoms with Crippen molar-refractivity contribution in [3.8, 4) is 0 Å². The van der Waals surface area contributed by atoms with Crippen molar-refractivity contribution in [1.29, 1.82) is 0 Å². The third-order valence-electron chi connectivity index (χ3n) is 1.62. The fourth-order valence-electron chi connectivity index (χ4n) is 0.884. The minimum Gasteiger partial charge on any atom is -0.388 e. The van der Waals surface area contributed by atoms with E-state index in [2.05, 4.69) is 4.74 Å². The summed E-state index contributed by atoms with van der Waals surface area (Å²) in [6.07, 6.45) is 0. The predicted molar refractivity (Wildman–Crippen MR) is 48.7 cm³/mol. The minimum absolute atomic E-state index is 0.289. The largest absolute Gasteiger partial charge is 0.388 e. The van der Waals surface area contributed by atoms with Crippen LogP contribution in [-0.4, -0.2) is 23.7 Å². The molecule has 0 heterocycles. The van der Waals surface area contributed by atoms with Crippen LogP contribution in [0.1, 0.15) is 15.9 Å². The third kappa shape index (κ3) is 2.67. The Balaban J connectivity index is 2.70. The Morgan fingerprint density at radius 2 is 1.86 bits per heavy atom. The van der Waals surface area contributed by atoms with Crippen molar-refractivity contribution in [1.82, 2.24) is 0 Å². The van der Waals surface area contributed by atoms with Gasteiger partial charge in [0.05, 0.1) is 5.56 Å². The molecule has 0 unspecified atom stereocenters. The number of carbonyl (C=O) groups excluding carboxylic acids is 2. The van der Waals surface area contributed by atoms with Crippen molar-refractivity contribution in [3.05, 3.63) is 35.4 Å². The Hall–Kier alpha value is -1.68. The molecule has 0 fully saturated rings. The fraction of sp³-hybridized carbons (Fsp3) is 0.200. The van der Waals surface area contributed by atoms with Crippen LogP contribution in [0, 0.1) is 6.92 Å². The summed E-state index contributed by atoms with van der Waals surface area (Å²) in [7, 11) is 0. The first-order chi connectivity index (χ1) is 6.63. The second-order valence-electron chi connectivity index (χ2n) is 2.79. The number of ether oxygens (including phenoxy) is 1. The Morgan fingerprint density at radius 1 is 1.29 bits per heavy atom. The molecule has 4 nitrogen and oxygen atoms in total. The first-order valence-electron chi connectivity index (χ1n) is 4.06. The number of aliphatic hydroxyl groups is 1. The van der Waals surface area contributed by atoms with Gasteiger partial charge in [-0.15, -0.1) is 0 Å². The van der Waals surface area contributed by atoms with E-state index >= 15 is 0 Å². The lowest BCUT2D eigenvalue weighted by Crippen LogP contribution is -2.15. The molecular weight excluding hydrogens is 184 g/mol. The van der Waals surface area contributed by atoms with E-state index in [4.69, 9.17) is 5.11 Å². The number of hydrogen-bond acceptors (Lipinski definition) is 4. The highest BCUT2D eigenvalue weighted by Crippen LogP contribution is 2.04. The van der Waals surface area contributed by atoms with Crippen molar-refractivity contribution < 1.29 is 19.4 Å². The average Bonchev–Trinajstić information content (AvgIpc) is 2.18. The van der Waals surface area contributed by atoms with Crippen LogP contribution in [0.2, 0.25) is 0 Å². The number of rotatable bonds is 2. The first-order valence-corrected chi connectivity index (χ1v) is 4.06. The Labute approximate surface area is 81.1 Å². The van der Waals surface area contributed by atoms with E-state index in [1.807, 2.05) is 6.92 Å². The van der Waals surface area contributed by atoms with Crippen LogP contribution < -0.4 is 0 Å². The fourth-order valence-corrected chi connectivity index (χ4v) is 0.884. The van der Waals surface area contributed by atoms with Gasteiger partial charge in [-0.05, 0) is 19.1 Å². The summed E-state index contributed by atoms with van der Waals surface area (Å²) >= 11 is 0. The molecule has 1 aromatic carbocycles. The van der Waals surface area contributed by atoms with E-state index in [1.54, 1.807) is 24.3 Å². The first kappa shape index (κ1) is 10.4. The van der Waals surface area contributed by atoms with Gasteiger partial charge < -0.3 is 9.84 Å². The lowest BCUT2D eigenvalue weighted by atomic mass is 10.1. The summed E-state index contributed by atoms with van der Waals surface area (Å²) in [5.74, 6) is -1.69. The third-order valence-corrected chi connectivity index (χ3v) is 1.62. The van der Waals surface area contributed by atoms with Gasteiger partial charge in [0.1, 0.15) is 6.61 Å². The molecule has 1 N–H and O–H groups in total. The number of esters is 2. The molecule has 74 valence electrons. The molecule has 0 saturated carbocycles. The lowest BCUT2D eigenvalue weighted by Gasteiger charge is -2.00. The smallest absolute Gasteiger partial charge is 0.345 e. The molecule has 0 radical (unpaired) electrons. The number of aryl methyl sites for hydroxylation is 1.